The van der Waals surface area contributed by atoms with Gasteiger partial charge in [0.05, 0.1) is 7.11 Å². The molecule has 1 saturated heterocycles. The number of methoxy groups -OCH3 is 1. The van der Waals surface area contributed by atoms with E-state index in [-0.39, 0.29) is 12.6 Å². The summed E-state index contributed by atoms with van der Waals surface area (Å²) in [7, 11) is 1.29. The molecule has 0 aromatic heterocycles. The van der Waals surface area contributed by atoms with Gasteiger partial charge < -0.3 is 15.6 Å². The van der Waals surface area contributed by atoms with E-state index in [9.17, 15) is 9.90 Å². The van der Waals surface area contributed by atoms with E-state index in [0.29, 0.717) is 12.5 Å². The summed E-state index contributed by atoms with van der Waals surface area (Å²) in [6, 6.07) is 0.245. The number of hydrogen-bond acceptors (Lipinski definition) is 5. The van der Waals surface area contributed by atoms with Gasteiger partial charge in [-0.15, -0.1) is 0 Å². The van der Waals surface area contributed by atoms with Crippen LogP contribution in [0.2, 0.25) is 0 Å². The predicted molar refractivity (Wildman–Crippen MR) is 65.5 cm³/mol. The number of nitrogens with zero attached hydrogens (tertiary/aromatic N) is 1. The van der Waals surface area contributed by atoms with Crippen LogP contribution in [-0.4, -0.2) is 54.4 Å². The summed E-state index contributed by atoms with van der Waals surface area (Å²) in [5.41, 5.74) is 4.29. The molecule has 0 spiro atoms. The van der Waals surface area contributed by atoms with Gasteiger partial charge >= 0.3 is 5.97 Å². The first-order valence-corrected chi connectivity index (χ1v) is 6.15. The summed E-state index contributed by atoms with van der Waals surface area (Å²) in [5.74, 6) is 0.0646. The summed E-state index contributed by atoms with van der Waals surface area (Å²) in [5, 5.41) is 10.1. The summed E-state index contributed by atoms with van der Waals surface area (Å²) in [6.45, 7) is 5.41. The van der Waals surface area contributed by atoms with E-state index in [0.717, 1.165) is 19.4 Å². The lowest BCUT2D eigenvalue weighted by atomic mass is 9.91. The van der Waals surface area contributed by atoms with Crippen molar-refractivity contribution in [3.8, 4) is 0 Å². The van der Waals surface area contributed by atoms with E-state index in [1.54, 1.807) is 0 Å². The maximum atomic E-state index is 11.4. The van der Waals surface area contributed by atoms with Crippen LogP contribution in [0.1, 0.15) is 26.7 Å². The maximum Gasteiger partial charge on any atom is 0.338 e. The van der Waals surface area contributed by atoms with Gasteiger partial charge in [0.1, 0.15) is 0 Å². The fourth-order valence-electron chi connectivity index (χ4n) is 2.43. The smallest absolute Gasteiger partial charge is 0.338 e. The first-order chi connectivity index (χ1) is 7.90. The highest BCUT2D eigenvalue weighted by Crippen LogP contribution is 2.23. The van der Waals surface area contributed by atoms with Crippen LogP contribution >= 0.6 is 0 Å². The number of esters is 1. The molecule has 5 heteroatoms. The molecule has 0 radical (unpaired) electrons. The Bertz CT molecular complexity index is 268. The van der Waals surface area contributed by atoms with E-state index >= 15 is 0 Å². The molecule has 1 heterocycles. The summed E-state index contributed by atoms with van der Waals surface area (Å²) >= 11 is 0. The third-order valence-electron chi connectivity index (χ3n) is 3.51. The van der Waals surface area contributed by atoms with Crippen molar-refractivity contribution in [2.75, 3.05) is 26.7 Å². The van der Waals surface area contributed by atoms with Crippen LogP contribution in [0.4, 0.5) is 0 Å². The molecule has 3 N–H and O–H groups in total. The lowest BCUT2D eigenvalue weighted by Crippen LogP contribution is -2.54. The molecule has 0 aromatic rings. The standard InChI is InChI=1S/C12H24N2O3/c1-9-4-5-14(10(6-9)7-13)8-12(2,16)11(15)17-3/h9-10,16H,4-8,13H2,1-3H3. The molecule has 0 aromatic carbocycles. The number of aliphatic hydroxyl groups is 1. The normalized spacial score (nSPS) is 29.7. The number of carbonyl (C=O) groups is 1. The lowest BCUT2D eigenvalue weighted by Gasteiger charge is -2.40. The van der Waals surface area contributed by atoms with Gasteiger partial charge in [-0.2, -0.15) is 0 Å². The molecule has 1 fully saturated rings. The van der Waals surface area contributed by atoms with Crippen molar-refractivity contribution in [3.05, 3.63) is 0 Å². The maximum absolute atomic E-state index is 11.4. The van der Waals surface area contributed by atoms with E-state index in [2.05, 4.69) is 16.6 Å². The highest BCUT2D eigenvalue weighted by molar-refractivity contribution is 5.78. The molecule has 17 heavy (non-hydrogen) atoms. The molecule has 1 rings (SSSR count). The molecule has 0 amide bonds. The lowest BCUT2D eigenvalue weighted by molar-refractivity contribution is -0.163. The van der Waals surface area contributed by atoms with Crippen molar-refractivity contribution in [1.29, 1.82) is 0 Å². The monoisotopic (exact) mass is 244 g/mol. The van der Waals surface area contributed by atoms with Gasteiger partial charge in [-0.3, -0.25) is 4.90 Å². The molecule has 0 bridgehead atoms. The van der Waals surface area contributed by atoms with Gasteiger partial charge in [-0.1, -0.05) is 6.92 Å². The van der Waals surface area contributed by atoms with Crippen molar-refractivity contribution < 1.29 is 14.6 Å². The molecule has 5 nitrogen and oxygen atoms in total. The van der Waals surface area contributed by atoms with Crippen molar-refractivity contribution in [3.63, 3.8) is 0 Å². The molecule has 0 saturated carbocycles. The van der Waals surface area contributed by atoms with Gasteiger partial charge in [-0.25, -0.2) is 4.79 Å². The van der Waals surface area contributed by atoms with Gasteiger partial charge in [-0.05, 0) is 32.2 Å². The van der Waals surface area contributed by atoms with Crippen LogP contribution in [0.15, 0.2) is 0 Å². The second-order valence-electron chi connectivity index (χ2n) is 5.25. The number of nitrogens with two attached hydrogens (primary N) is 1. The predicted octanol–water partition coefficient (Wildman–Crippen LogP) is -0.0304. The number of ether oxygens (including phenoxy) is 1. The number of piperidine rings is 1. The van der Waals surface area contributed by atoms with Crippen molar-refractivity contribution in [2.24, 2.45) is 11.7 Å². The Kier molecular flexibility index (Phi) is 4.91. The Morgan fingerprint density at radius 1 is 1.65 bits per heavy atom. The average molecular weight is 244 g/mol. The second-order valence-corrected chi connectivity index (χ2v) is 5.25. The first-order valence-electron chi connectivity index (χ1n) is 6.15. The Balaban J connectivity index is 2.63. The molecule has 0 aliphatic carbocycles. The highest BCUT2D eigenvalue weighted by Gasteiger charge is 2.37. The van der Waals surface area contributed by atoms with Gasteiger partial charge in [0.25, 0.3) is 0 Å². The van der Waals surface area contributed by atoms with Crippen LogP contribution < -0.4 is 5.73 Å². The topological polar surface area (TPSA) is 75.8 Å². The SMILES string of the molecule is COC(=O)C(C)(O)CN1CCC(C)CC1CN. The largest absolute Gasteiger partial charge is 0.467 e. The third-order valence-corrected chi connectivity index (χ3v) is 3.51. The van der Waals surface area contributed by atoms with Crippen LogP contribution in [-0.2, 0) is 9.53 Å². The highest BCUT2D eigenvalue weighted by atomic mass is 16.5. The number of carbonyl (C=O) groups excluding carboxylic acids is 1. The van der Waals surface area contributed by atoms with Crippen molar-refractivity contribution >= 4 is 5.97 Å². The minimum Gasteiger partial charge on any atom is -0.467 e. The summed E-state index contributed by atoms with van der Waals surface area (Å²) in [4.78, 5) is 13.5. The Hall–Kier alpha value is -0.650. The fraction of sp³-hybridized carbons (Fsp3) is 0.917. The third kappa shape index (κ3) is 3.66. The van der Waals surface area contributed by atoms with Crippen LogP contribution in [0.3, 0.4) is 0 Å². The first kappa shape index (κ1) is 14.4. The quantitative estimate of drug-likeness (QED) is 0.679. The Morgan fingerprint density at radius 3 is 2.82 bits per heavy atom. The average Bonchev–Trinajstić information content (AvgIpc) is 2.30. The van der Waals surface area contributed by atoms with Gasteiger partial charge in [0.15, 0.2) is 5.60 Å². The Labute approximate surface area is 103 Å². The number of rotatable bonds is 4. The molecular formula is C12H24N2O3. The number of likely N-dealkylation sites (tertiary alicyclic amines) is 1. The van der Waals surface area contributed by atoms with E-state index in [1.165, 1.54) is 14.0 Å². The van der Waals surface area contributed by atoms with Gasteiger partial charge in [0, 0.05) is 19.1 Å². The zero-order chi connectivity index (χ0) is 13.1. The zero-order valence-corrected chi connectivity index (χ0v) is 11.0. The van der Waals surface area contributed by atoms with Gasteiger partial charge in [0.2, 0.25) is 0 Å². The molecule has 3 atom stereocenters. The minimum absolute atomic E-state index is 0.245. The molecule has 3 unspecified atom stereocenters. The Morgan fingerprint density at radius 2 is 2.29 bits per heavy atom. The molecule has 100 valence electrons. The number of hydrogen-bond donors (Lipinski definition) is 2. The van der Waals surface area contributed by atoms with Crippen molar-refractivity contribution in [2.45, 2.75) is 38.3 Å². The second kappa shape index (κ2) is 5.80. The van der Waals surface area contributed by atoms with E-state index in [1.807, 2.05) is 0 Å². The van der Waals surface area contributed by atoms with Crippen LogP contribution in [0.25, 0.3) is 0 Å². The summed E-state index contributed by atoms with van der Waals surface area (Å²) in [6.07, 6.45) is 2.10. The molecule has 1 aliphatic rings. The molecule has 1 aliphatic heterocycles. The van der Waals surface area contributed by atoms with Crippen molar-refractivity contribution in [1.82, 2.24) is 4.90 Å². The minimum atomic E-state index is -1.46. The van der Waals surface area contributed by atoms with Crippen LogP contribution in [0.5, 0.6) is 0 Å². The van der Waals surface area contributed by atoms with Crippen LogP contribution in [0, 0.1) is 5.92 Å². The summed E-state index contributed by atoms with van der Waals surface area (Å²) < 4.78 is 4.60. The molecular weight excluding hydrogens is 220 g/mol. The van der Waals surface area contributed by atoms with E-state index < -0.39 is 11.6 Å². The van der Waals surface area contributed by atoms with E-state index in [4.69, 9.17) is 5.73 Å². The fourth-order valence-corrected chi connectivity index (χ4v) is 2.43. The zero-order valence-electron chi connectivity index (χ0n) is 11.0. The number of β-amino-alcohol motifs (C(OH)–C–C–N with tert-alkyl or cyclic N) is 1.